The van der Waals surface area contributed by atoms with Crippen molar-refractivity contribution >= 4 is 50.5 Å². The van der Waals surface area contributed by atoms with Crippen molar-refractivity contribution in [3.05, 3.63) is 74.7 Å². The highest BCUT2D eigenvalue weighted by atomic mass is 79.9. The molecule has 158 valence electrons. The molecule has 7 nitrogen and oxygen atoms in total. The van der Waals surface area contributed by atoms with Crippen LogP contribution < -0.4 is 10.1 Å². The Kier molecular flexibility index (Phi) is 6.59. The molecule has 0 spiro atoms. The van der Waals surface area contributed by atoms with Gasteiger partial charge in [-0.1, -0.05) is 40.2 Å². The predicted molar refractivity (Wildman–Crippen MR) is 125 cm³/mol. The van der Waals surface area contributed by atoms with Crippen LogP contribution in [0.25, 0.3) is 11.3 Å². The summed E-state index contributed by atoms with van der Waals surface area (Å²) in [6.45, 7) is 2.01. The molecule has 2 heterocycles. The van der Waals surface area contributed by atoms with Gasteiger partial charge in [0.05, 0.1) is 5.69 Å². The second-order valence-electron chi connectivity index (χ2n) is 6.62. The van der Waals surface area contributed by atoms with Crippen LogP contribution in [0.2, 0.25) is 0 Å². The van der Waals surface area contributed by atoms with Gasteiger partial charge in [0.1, 0.15) is 12.3 Å². The maximum Gasteiger partial charge on any atom is 0.287 e. The molecule has 0 unspecified atom stereocenters. The second-order valence-corrected chi connectivity index (χ2v) is 8.74. The lowest BCUT2D eigenvalue weighted by Gasteiger charge is -2.03. The van der Waals surface area contributed by atoms with E-state index in [0.29, 0.717) is 16.8 Å². The molecule has 1 amide bonds. The largest absolute Gasteiger partial charge is 0.484 e. The number of hydrogen-bond acceptors (Lipinski definition) is 7. The topological polar surface area (TPSA) is 82.2 Å². The number of nitrogens with zero attached hydrogens (tertiary/aromatic N) is 3. The molecule has 1 N–H and O–H groups in total. The SMILES string of the molecule is Cc1cccc(OCc2nn(CC(=O)Nc3nc(-c4ccc(Br)cc4)cs3)c(=S)o2)c1. The summed E-state index contributed by atoms with van der Waals surface area (Å²) in [6.07, 6.45) is 0. The number of carbonyl (C=O) groups is 1. The van der Waals surface area contributed by atoms with E-state index in [4.69, 9.17) is 21.4 Å². The van der Waals surface area contributed by atoms with Crippen molar-refractivity contribution in [3.8, 4) is 17.0 Å². The van der Waals surface area contributed by atoms with Crippen LogP contribution in [0.5, 0.6) is 5.75 Å². The highest BCUT2D eigenvalue weighted by Crippen LogP contribution is 2.26. The van der Waals surface area contributed by atoms with E-state index in [1.165, 1.54) is 16.0 Å². The molecular weight excluding hydrogens is 500 g/mol. The van der Waals surface area contributed by atoms with Gasteiger partial charge < -0.3 is 14.5 Å². The third-order valence-electron chi connectivity index (χ3n) is 4.18. The monoisotopic (exact) mass is 516 g/mol. The van der Waals surface area contributed by atoms with E-state index in [0.717, 1.165) is 21.3 Å². The highest BCUT2D eigenvalue weighted by Gasteiger charge is 2.13. The minimum Gasteiger partial charge on any atom is -0.484 e. The van der Waals surface area contributed by atoms with E-state index in [9.17, 15) is 4.79 Å². The number of amides is 1. The fraction of sp³-hybridized carbons (Fsp3) is 0.143. The van der Waals surface area contributed by atoms with Gasteiger partial charge in [-0.3, -0.25) is 4.79 Å². The molecule has 4 rings (SSSR count). The van der Waals surface area contributed by atoms with Gasteiger partial charge in [0.2, 0.25) is 5.91 Å². The van der Waals surface area contributed by atoms with Gasteiger partial charge in [0, 0.05) is 15.4 Å². The molecule has 4 aromatic rings. The number of ether oxygens (including phenoxy) is 1. The van der Waals surface area contributed by atoms with Crippen molar-refractivity contribution in [1.29, 1.82) is 0 Å². The number of carbonyl (C=O) groups excluding carboxylic acids is 1. The van der Waals surface area contributed by atoms with Gasteiger partial charge in [-0.25, -0.2) is 9.67 Å². The summed E-state index contributed by atoms with van der Waals surface area (Å²) in [5.41, 5.74) is 2.85. The molecule has 10 heteroatoms. The molecule has 0 bridgehead atoms. The van der Waals surface area contributed by atoms with Crippen LogP contribution in [0, 0.1) is 11.8 Å². The summed E-state index contributed by atoms with van der Waals surface area (Å²) < 4.78 is 13.4. The van der Waals surface area contributed by atoms with Gasteiger partial charge in [-0.05, 0) is 49.0 Å². The summed E-state index contributed by atoms with van der Waals surface area (Å²) >= 11 is 9.93. The number of anilines is 1. The number of rotatable bonds is 7. The minimum absolute atomic E-state index is 0.0834. The lowest BCUT2D eigenvalue weighted by molar-refractivity contribution is -0.117. The molecule has 0 aliphatic rings. The average Bonchev–Trinajstić information content (AvgIpc) is 3.34. The minimum atomic E-state index is -0.299. The van der Waals surface area contributed by atoms with Crippen molar-refractivity contribution in [3.63, 3.8) is 0 Å². The molecule has 2 aromatic carbocycles. The quantitative estimate of drug-likeness (QED) is 0.321. The van der Waals surface area contributed by atoms with E-state index in [2.05, 4.69) is 31.3 Å². The first-order chi connectivity index (χ1) is 15.0. The van der Waals surface area contributed by atoms with Crippen molar-refractivity contribution in [2.75, 3.05) is 5.32 Å². The van der Waals surface area contributed by atoms with Crippen LogP contribution in [0.3, 0.4) is 0 Å². The zero-order chi connectivity index (χ0) is 21.8. The molecule has 31 heavy (non-hydrogen) atoms. The van der Waals surface area contributed by atoms with Crippen LogP contribution in [0.4, 0.5) is 5.13 Å². The lowest BCUT2D eigenvalue weighted by Crippen LogP contribution is -2.19. The summed E-state index contributed by atoms with van der Waals surface area (Å²) in [6, 6.07) is 15.5. The molecule has 0 saturated carbocycles. The number of hydrogen-bond donors (Lipinski definition) is 1. The van der Waals surface area contributed by atoms with Crippen molar-refractivity contribution in [2.24, 2.45) is 0 Å². The fourth-order valence-corrected chi connectivity index (χ4v) is 3.94. The Balaban J connectivity index is 1.35. The first kappa shape index (κ1) is 21.4. The van der Waals surface area contributed by atoms with Crippen LogP contribution in [-0.4, -0.2) is 20.7 Å². The summed E-state index contributed by atoms with van der Waals surface area (Å²) in [4.78, 5) is 17.0. The Bertz CT molecular complexity index is 1260. The maximum absolute atomic E-state index is 12.4. The summed E-state index contributed by atoms with van der Waals surface area (Å²) in [7, 11) is 0. The predicted octanol–water partition coefficient (Wildman–Crippen LogP) is 5.62. The van der Waals surface area contributed by atoms with Gasteiger partial charge >= 0.3 is 0 Å². The van der Waals surface area contributed by atoms with E-state index in [-0.39, 0.29) is 23.9 Å². The van der Waals surface area contributed by atoms with Crippen molar-refractivity contribution in [2.45, 2.75) is 20.1 Å². The highest BCUT2D eigenvalue weighted by molar-refractivity contribution is 9.10. The Hall–Kier alpha value is -2.82. The Morgan fingerprint density at radius 1 is 1.29 bits per heavy atom. The van der Waals surface area contributed by atoms with Gasteiger partial charge in [-0.15, -0.1) is 16.4 Å². The van der Waals surface area contributed by atoms with Crippen LogP contribution >= 0.6 is 39.5 Å². The third kappa shape index (κ3) is 5.66. The van der Waals surface area contributed by atoms with Gasteiger partial charge in [-0.2, -0.15) is 0 Å². The van der Waals surface area contributed by atoms with E-state index < -0.39 is 0 Å². The number of aromatic nitrogens is 3. The van der Waals surface area contributed by atoms with E-state index in [1.54, 1.807) is 0 Å². The molecule has 0 aliphatic carbocycles. The Labute approximate surface area is 195 Å². The first-order valence-electron chi connectivity index (χ1n) is 9.24. The van der Waals surface area contributed by atoms with Gasteiger partial charge in [0.15, 0.2) is 11.7 Å². The first-order valence-corrected chi connectivity index (χ1v) is 11.3. The number of aryl methyl sites for hydroxylation is 1. The Morgan fingerprint density at radius 3 is 2.87 bits per heavy atom. The number of benzene rings is 2. The summed E-state index contributed by atoms with van der Waals surface area (Å²) in [5, 5.41) is 9.39. The molecule has 0 saturated heterocycles. The standard InChI is InChI=1S/C21H17BrN4O3S2/c1-13-3-2-4-16(9-13)28-11-19-25-26(21(30)29-19)10-18(27)24-20-23-17(12-31-20)14-5-7-15(22)8-6-14/h2-9,12H,10-11H2,1H3,(H,23,24,27). The van der Waals surface area contributed by atoms with E-state index in [1.807, 2.05) is 60.8 Å². The average molecular weight is 517 g/mol. The normalized spacial score (nSPS) is 10.8. The molecule has 0 atom stereocenters. The molecule has 0 fully saturated rings. The number of halogens is 1. The van der Waals surface area contributed by atoms with Gasteiger partial charge in [0.25, 0.3) is 10.7 Å². The van der Waals surface area contributed by atoms with Crippen LogP contribution in [0.1, 0.15) is 11.5 Å². The lowest BCUT2D eigenvalue weighted by atomic mass is 10.2. The number of nitrogens with one attached hydrogen (secondary N) is 1. The smallest absolute Gasteiger partial charge is 0.287 e. The zero-order valence-electron chi connectivity index (χ0n) is 16.4. The van der Waals surface area contributed by atoms with Crippen molar-refractivity contribution in [1.82, 2.24) is 14.8 Å². The van der Waals surface area contributed by atoms with Crippen LogP contribution in [-0.2, 0) is 17.9 Å². The maximum atomic E-state index is 12.4. The van der Waals surface area contributed by atoms with E-state index >= 15 is 0 Å². The molecule has 0 aliphatic heterocycles. The Morgan fingerprint density at radius 2 is 2.10 bits per heavy atom. The van der Waals surface area contributed by atoms with Crippen molar-refractivity contribution < 1.29 is 13.9 Å². The summed E-state index contributed by atoms with van der Waals surface area (Å²) in [5.74, 6) is 0.706. The molecule has 0 radical (unpaired) electrons. The molecular formula is C21H17BrN4O3S2. The second kappa shape index (κ2) is 9.54. The molecule has 2 aromatic heterocycles. The zero-order valence-corrected chi connectivity index (χ0v) is 19.6. The fourth-order valence-electron chi connectivity index (χ4n) is 2.74. The number of thiazole rings is 1. The third-order valence-corrected chi connectivity index (χ3v) is 5.76. The van der Waals surface area contributed by atoms with Crippen LogP contribution in [0.15, 0.2) is 62.8 Å².